The lowest BCUT2D eigenvalue weighted by atomic mass is 10.2. The molecule has 3 rings (SSSR count). The first kappa shape index (κ1) is 14.7. The number of thiazole rings is 1. The van der Waals surface area contributed by atoms with E-state index >= 15 is 0 Å². The first-order chi connectivity index (χ1) is 10.4. The maximum Gasteiger partial charge on any atom is 0.230 e. The standard InChI is InChI=1S/C14H13N3O3S2/c1-22(19,20)10-2-3-11-12(7-10)21-14(16-11)17-13(18)6-9-4-5-15-8-9/h2-5,7-8,15H,6H2,1H3,(H,16,17,18). The number of nitrogens with one attached hydrogen (secondary N) is 2. The van der Waals surface area contributed by atoms with Crippen LogP contribution in [0.15, 0.2) is 41.6 Å². The van der Waals surface area contributed by atoms with Gasteiger partial charge in [-0.25, -0.2) is 13.4 Å². The number of rotatable bonds is 4. The van der Waals surface area contributed by atoms with Crippen molar-refractivity contribution in [2.75, 3.05) is 11.6 Å². The van der Waals surface area contributed by atoms with E-state index in [1.54, 1.807) is 24.5 Å². The van der Waals surface area contributed by atoms with Crippen molar-refractivity contribution in [1.82, 2.24) is 9.97 Å². The summed E-state index contributed by atoms with van der Waals surface area (Å²) in [6, 6.07) is 6.56. The van der Waals surface area contributed by atoms with Gasteiger partial charge in [0.05, 0.1) is 21.5 Å². The van der Waals surface area contributed by atoms with Crippen LogP contribution in [0.25, 0.3) is 10.2 Å². The van der Waals surface area contributed by atoms with Crippen LogP contribution in [0.2, 0.25) is 0 Å². The lowest BCUT2D eigenvalue weighted by Gasteiger charge is -1.98. The molecule has 0 fully saturated rings. The molecular weight excluding hydrogens is 322 g/mol. The minimum Gasteiger partial charge on any atom is -0.367 e. The van der Waals surface area contributed by atoms with Crippen LogP contribution in [0.5, 0.6) is 0 Å². The fraction of sp³-hybridized carbons (Fsp3) is 0.143. The molecule has 0 aliphatic heterocycles. The molecule has 0 unspecified atom stereocenters. The van der Waals surface area contributed by atoms with E-state index in [1.807, 2.05) is 6.07 Å². The van der Waals surface area contributed by atoms with Crippen LogP contribution in [0.4, 0.5) is 5.13 Å². The molecule has 114 valence electrons. The number of aromatic nitrogens is 2. The van der Waals surface area contributed by atoms with E-state index in [0.29, 0.717) is 10.6 Å². The van der Waals surface area contributed by atoms with Gasteiger partial charge in [0.15, 0.2) is 15.0 Å². The Labute approximate surface area is 131 Å². The lowest BCUT2D eigenvalue weighted by molar-refractivity contribution is -0.115. The number of anilines is 1. The highest BCUT2D eigenvalue weighted by atomic mass is 32.2. The highest BCUT2D eigenvalue weighted by Crippen LogP contribution is 2.28. The summed E-state index contributed by atoms with van der Waals surface area (Å²) in [5.74, 6) is -0.165. The monoisotopic (exact) mass is 335 g/mol. The number of carbonyl (C=O) groups is 1. The summed E-state index contributed by atoms with van der Waals surface area (Å²) in [4.78, 5) is 19.4. The molecule has 0 saturated heterocycles. The van der Waals surface area contributed by atoms with Crippen LogP contribution in [0.1, 0.15) is 5.56 Å². The van der Waals surface area contributed by atoms with Crippen LogP contribution < -0.4 is 5.32 Å². The SMILES string of the molecule is CS(=O)(=O)c1ccc2nc(NC(=O)Cc3cc[nH]c3)sc2c1. The van der Waals surface area contributed by atoms with Crippen LogP contribution >= 0.6 is 11.3 Å². The largest absolute Gasteiger partial charge is 0.367 e. The molecule has 1 aromatic carbocycles. The van der Waals surface area contributed by atoms with Crippen molar-refractivity contribution in [2.24, 2.45) is 0 Å². The summed E-state index contributed by atoms with van der Waals surface area (Å²) in [6.45, 7) is 0. The molecule has 0 aliphatic carbocycles. The maximum absolute atomic E-state index is 11.9. The quantitative estimate of drug-likeness (QED) is 0.764. The van der Waals surface area contributed by atoms with Gasteiger partial charge in [0.25, 0.3) is 0 Å². The molecule has 0 spiro atoms. The highest BCUT2D eigenvalue weighted by molar-refractivity contribution is 7.90. The Hall–Kier alpha value is -2.19. The molecule has 1 amide bonds. The van der Waals surface area contributed by atoms with Crippen molar-refractivity contribution in [3.8, 4) is 0 Å². The molecule has 2 heterocycles. The molecule has 3 aromatic rings. The van der Waals surface area contributed by atoms with Crippen molar-refractivity contribution in [3.63, 3.8) is 0 Å². The van der Waals surface area contributed by atoms with E-state index in [1.165, 1.54) is 17.4 Å². The van der Waals surface area contributed by atoms with Crippen LogP contribution in [-0.2, 0) is 21.1 Å². The highest BCUT2D eigenvalue weighted by Gasteiger charge is 2.12. The summed E-state index contributed by atoms with van der Waals surface area (Å²) in [5, 5.41) is 3.19. The molecular formula is C14H13N3O3S2. The van der Waals surface area contributed by atoms with Gasteiger partial charge in [-0.05, 0) is 29.8 Å². The number of aromatic amines is 1. The Balaban J connectivity index is 1.81. The third-order valence-corrected chi connectivity index (χ3v) is 5.11. The number of benzene rings is 1. The van der Waals surface area contributed by atoms with Gasteiger partial charge in [-0.15, -0.1) is 0 Å². The summed E-state index contributed by atoms with van der Waals surface area (Å²) < 4.78 is 23.8. The maximum atomic E-state index is 11.9. The molecule has 0 bridgehead atoms. The predicted molar refractivity (Wildman–Crippen MR) is 85.9 cm³/mol. The fourth-order valence-electron chi connectivity index (χ4n) is 2.01. The van der Waals surface area contributed by atoms with Crippen LogP contribution in [-0.4, -0.2) is 30.5 Å². The average Bonchev–Trinajstić information content (AvgIpc) is 3.04. The minimum atomic E-state index is -3.25. The number of hydrogen-bond acceptors (Lipinski definition) is 5. The Morgan fingerprint density at radius 3 is 2.86 bits per heavy atom. The summed E-state index contributed by atoms with van der Waals surface area (Å²) >= 11 is 1.25. The lowest BCUT2D eigenvalue weighted by Crippen LogP contribution is -2.13. The molecule has 0 radical (unpaired) electrons. The third kappa shape index (κ3) is 3.18. The van der Waals surface area contributed by atoms with Crippen molar-refractivity contribution in [3.05, 3.63) is 42.2 Å². The van der Waals surface area contributed by atoms with Crippen molar-refractivity contribution in [1.29, 1.82) is 0 Å². The van der Waals surface area contributed by atoms with Crippen molar-refractivity contribution < 1.29 is 13.2 Å². The van der Waals surface area contributed by atoms with E-state index < -0.39 is 9.84 Å². The van der Waals surface area contributed by atoms with Crippen LogP contribution in [0, 0.1) is 0 Å². The Bertz CT molecular complexity index is 928. The first-order valence-electron chi connectivity index (χ1n) is 6.44. The molecule has 2 aromatic heterocycles. The second-order valence-corrected chi connectivity index (χ2v) is 7.91. The number of amides is 1. The summed E-state index contributed by atoms with van der Waals surface area (Å²) in [7, 11) is -3.25. The smallest absolute Gasteiger partial charge is 0.230 e. The second kappa shape index (κ2) is 5.54. The van der Waals surface area contributed by atoms with Gasteiger partial charge in [0.1, 0.15) is 0 Å². The van der Waals surface area contributed by atoms with Gasteiger partial charge in [0, 0.05) is 18.6 Å². The molecule has 0 saturated carbocycles. The molecule has 0 aliphatic rings. The van der Waals surface area contributed by atoms with Crippen LogP contribution in [0.3, 0.4) is 0 Å². The molecule has 22 heavy (non-hydrogen) atoms. The average molecular weight is 335 g/mol. The predicted octanol–water partition coefficient (Wildman–Crippen LogP) is 2.21. The number of nitrogens with zero attached hydrogens (tertiary/aromatic N) is 1. The van der Waals surface area contributed by atoms with E-state index in [9.17, 15) is 13.2 Å². The van der Waals surface area contributed by atoms with Gasteiger partial charge >= 0.3 is 0 Å². The zero-order chi connectivity index (χ0) is 15.7. The van der Waals surface area contributed by atoms with E-state index in [-0.39, 0.29) is 17.2 Å². The van der Waals surface area contributed by atoms with E-state index in [2.05, 4.69) is 15.3 Å². The summed E-state index contributed by atoms with van der Waals surface area (Å²) in [5.41, 5.74) is 1.55. The van der Waals surface area contributed by atoms with Crippen molar-refractivity contribution >= 4 is 42.4 Å². The second-order valence-electron chi connectivity index (χ2n) is 4.86. The Morgan fingerprint density at radius 1 is 1.36 bits per heavy atom. The number of hydrogen-bond donors (Lipinski definition) is 2. The number of H-pyrrole nitrogens is 1. The number of carbonyl (C=O) groups excluding carboxylic acids is 1. The zero-order valence-electron chi connectivity index (χ0n) is 11.7. The van der Waals surface area contributed by atoms with Crippen molar-refractivity contribution in [2.45, 2.75) is 11.3 Å². The fourth-order valence-corrected chi connectivity index (χ4v) is 3.65. The normalized spacial score (nSPS) is 11.7. The number of fused-ring (bicyclic) bond motifs is 1. The number of sulfone groups is 1. The Kier molecular flexibility index (Phi) is 3.71. The Morgan fingerprint density at radius 2 is 2.18 bits per heavy atom. The van der Waals surface area contributed by atoms with Gasteiger partial charge in [0.2, 0.25) is 5.91 Å². The van der Waals surface area contributed by atoms with Gasteiger partial charge in [-0.2, -0.15) is 0 Å². The third-order valence-electron chi connectivity index (χ3n) is 3.06. The molecule has 8 heteroatoms. The molecule has 6 nitrogen and oxygen atoms in total. The molecule has 0 atom stereocenters. The van der Waals surface area contributed by atoms with E-state index in [4.69, 9.17) is 0 Å². The molecule has 2 N–H and O–H groups in total. The minimum absolute atomic E-state index is 0.165. The van der Waals surface area contributed by atoms with E-state index in [0.717, 1.165) is 16.5 Å². The zero-order valence-corrected chi connectivity index (χ0v) is 13.3. The summed E-state index contributed by atoms with van der Waals surface area (Å²) in [6.07, 6.45) is 4.94. The topological polar surface area (TPSA) is 91.9 Å². The van der Waals surface area contributed by atoms with Gasteiger partial charge < -0.3 is 10.3 Å². The van der Waals surface area contributed by atoms with Gasteiger partial charge in [-0.3, -0.25) is 4.79 Å². The van der Waals surface area contributed by atoms with Gasteiger partial charge in [-0.1, -0.05) is 11.3 Å². The first-order valence-corrected chi connectivity index (χ1v) is 9.15.